The smallest absolute Gasteiger partial charge is 0.462 e. The van der Waals surface area contributed by atoms with Crippen molar-refractivity contribution in [3.05, 3.63) is 0 Å². The van der Waals surface area contributed by atoms with Crippen molar-refractivity contribution in [2.24, 2.45) is 5.92 Å². The van der Waals surface area contributed by atoms with E-state index in [2.05, 4.69) is 34.6 Å². The number of hydrogen-bond donors (Lipinski definition) is 3. The van der Waals surface area contributed by atoms with Crippen LogP contribution in [-0.4, -0.2) is 96.7 Å². The van der Waals surface area contributed by atoms with Crippen molar-refractivity contribution >= 4 is 39.5 Å². The van der Waals surface area contributed by atoms with Crippen molar-refractivity contribution in [1.82, 2.24) is 0 Å². The van der Waals surface area contributed by atoms with Crippen LogP contribution in [0, 0.1) is 5.92 Å². The number of aliphatic hydroxyl groups is 1. The summed E-state index contributed by atoms with van der Waals surface area (Å²) in [6.07, 6.45) is 74.9. The lowest BCUT2D eigenvalue weighted by Crippen LogP contribution is -2.30. The van der Waals surface area contributed by atoms with Crippen molar-refractivity contribution in [3.63, 3.8) is 0 Å². The Bertz CT molecular complexity index is 2030. The molecule has 0 aromatic heterocycles. The van der Waals surface area contributed by atoms with Gasteiger partial charge in [-0.15, -0.1) is 0 Å². The maximum Gasteiger partial charge on any atom is 0.472 e. The predicted octanol–water partition coefficient (Wildman–Crippen LogP) is 27.2. The van der Waals surface area contributed by atoms with Gasteiger partial charge in [0, 0.05) is 25.7 Å². The summed E-state index contributed by atoms with van der Waals surface area (Å²) in [6, 6.07) is 0. The molecule has 0 aliphatic carbocycles. The first kappa shape index (κ1) is 105. The third-order valence-corrected chi connectivity index (χ3v) is 22.7. The molecule has 0 rings (SSSR count). The Morgan fingerprint density at radius 2 is 0.430 bits per heavy atom. The summed E-state index contributed by atoms with van der Waals surface area (Å²) in [7, 11) is -9.93. The van der Waals surface area contributed by atoms with Gasteiger partial charge in [0.1, 0.15) is 19.3 Å². The van der Waals surface area contributed by atoms with Crippen LogP contribution in [-0.2, 0) is 65.4 Å². The van der Waals surface area contributed by atoms with E-state index in [0.717, 1.165) is 95.8 Å². The SMILES string of the molecule is CCCCCCCCCCCCCCCCCCCCCCCC(=O)O[C@H](COC(=O)CCCCCCCCCCCCCCCCC(C)C)COP(=O)(O)OC[C@@H](O)COP(=O)(O)OC[C@@H](COC(=O)CCCCCCCCCCCCCCC)OC(=O)CCCCCCCCCCCCCCCCCC. The Morgan fingerprint density at radius 1 is 0.252 bits per heavy atom. The van der Waals surface area contributed by atoms with E-state index in [1.54, 1.807) is 0 Å². The molecular formula is C88H172O17P2. The van der Waals surface area contributed by atoms with Gasteiger partial charge in [0.2, 0.25) is 0 Å². The van der Waals surface area contributed by atoms with Gasteiger partial charge in [-0.3, -0.25) is 37.3 Å². The molecule has 0 aromatic carbocycles. The third kappa shape index (κ3) is 81.9. The molecule has 0 amide bonds. The molecule has 2 unspecified atom stereocenters. The summed E-state index contributed by atoms with van der Waals surface area (Å²) >= 11 is 0. The molecular weight excluding hydrogens is 1390 g/mol. The largest absolute Gasteiger partial charge is 0.472 e. The summed E-state index contributed by atoms with van der Waals surface area (Å²) < 4.78 is 69.0. The van der Waals surface area contributed by atoms with Gasteiger partial charge in [-0.2, -0.15) is 0 Å². The minimum atomic E-state index is -4.97. The molecule has 0 spiro atoms. The Labute approximate surface area is 658 Å². The van der Waals surface area contributed by atoms with E-state index in [1.165, 1.54) is 302 Å². The van der Waals surface area contributed by atoms with Gasteiger partial charge in [-0.1, -0.05) is 426 Å². The second-order valence-electron chi connectivity index (χ2n) is 32.1. The highest BCUT2D eigenvalue weighted by Gasteiger charge is 2.30. The maximum absolute atomic E-state index is 13.2. The molecule has 5 atom stereocenters. The van der Waals surface area contributed by atoms with Crippen LogP contribution >= 0.6 is 15.6 Å². The van der Waals surface area contributed by atoms with Crippen LogP contribution in [0.1, 0.15) is 478 Å². The normalized spacial score (nSPS) is 13.7. The molecule has 0 aliphatic heterocycles. The molecule has 0 bridgehead atoms. The average Bonchev–Trinajstić information content (AvgIpc) is 1.12. The first-order valence-corrected chi connectivity index (χ1v) is 48.6. The fraction of sp³-hybridized carbons (Fsp3) is 0.955. The van der Waals surface area contributed by atoms with Crippen LogP contribution in [0.25, 0.3) is 0 Å². The number of phosphoric ester groups is 2. The molecule has 0 radical (unpaired) electrons. The second-order valence-corrected chi connectivity index (χ2v) is 35.0. The molecule has 17 nitrogen and oxygen atoms in total. The molecule has 636 valence electrons. The zero-order valence-corrected chi connectivity index (χ0v) is 72.1. The minimum Gasteiger partial charge on any atom is -0.462 e. The van der Waals surface area contributed by atoms with E-state index in [4.69, 9.17) is 37.0 Å². The number of esters is 4. The molecule has 0 fully saturated rings. The highest BCUT2D eigenvalue weighted by molar-refractivity contribution is 7.47. The zero-order chi connectivity index (χ0) is 78.3. The van der Waals surface area contributed by atoms with E-state index < -0.39 is 97.5 Å². The molecule has 0 aromatic rings. The number of rotatable bonds is 88. The average molecular weight is 1560 g/mol. The zero-order valence-electron chi connectivity index (χ0n) is 70.3. The molecule has 19 heteroatoms. The van der Waals surface area contributed by atoms with E-state index >= 15 is 0 Å². The first-order chi connectivity index (χ1) is 52.0. The molecule has 107 heavy (non-hydrogen) atoms. The molecule has 3 N–H and O–H groups in total. The quantitative estimate of drug-likeness (QED) is 0.0222. The minimum absolute atomic E-state index is 0.109. The van der Waals surface area contributed by atoms with Crippen molar-refractivity contribution in [2.75, 3.05) is 39.6 Å². The van der Waals surface area contributed by atoms with Crippen LogP contribution in [0.4, 0.5) is 0 Å². The van der Waals surface area contributed by atoms with Gasteiger partial charge < -0.3 is 33.8 Å². The van der Waals surface area contributed by atoms with Crippen LogP contribution in [0.15, 0.2) is 0 Å². The number of carbonyl (C=O) groups is 4. The maximum atomic E-state index is 13.2. The van der Waals surface area contributed by atoms with E-state index in [9.17, 15) is 43.2 Å². The Kier molecular flexibility index (Phi) is 79.2. The van der Waals surface area contributed by atoms with E-state index in [1.807, 2.05) is 0 Å². The highest BCUT2D eigenvalue weighted by atomic mass is 31.2. The third-order valence-electron chi connectivity index (χ3n) is 20.8. The summed E-state index contributed by atoms with van der Waals surface area (Å²) in [4.78, 5) is 73.3. The Balaban J connectivity index is 5.25. The summed E-state index contributed by atoms with van der Waals surface area (Å²) in [5.74, 6) is -1.30. The van der Waals surface area contributed by atoms with E-state index in [0.29, 0.717) is 25.7 Å². The summed E-state index contributed by atoms with van der Waals surface area (Å²) in [5.41, 5.74) is 0. The first-order valence-electron chi connectivity index (χ1n) is 45.6. The number of hydrogen-bond acceptors (Lipinski definition) is 15. The van der Waals surface area contributed by atoms with Gasteiger partial charge in [0.05, 0.1) is 26.4 Å². The monoisotopic (exact) mass is 1560 g/mol. The van der Waals surface area contributed by atoms with Crippen molar-refractivity contribution in [2.45, 2.75) is 496 Å². The van der Waals surface area contributed by atoms with Gasteiger partial charge in [-0.05, 0) is 31.6 Å². The standard InChI is InChI=1S/C88H172O17P2/c1-6-9-12-15-18-21-24-27-29-31-32-33-34-35-37-44-49-54-59-64-69-74-88(93)105-84(78-99-86(91)72-67-62-57-52-47-42-39-38-41-45-50-55-60-65-70-81(4)5)80-103-107(96,97)101-76-82(89)75-100-106(94,95)102-79-83(77-98-85(90)71-66-61-56-51-46-40-26-23-20-17-14-11-8-3)104-87(92)73-68-63-58-53-48-43-36-30-28-25-22-19-16-13-10-7-2/h81-84,89H,6-80H2,1-5H3,(H,94,95)(H,96,97)/t82-,83+,84+/m0/s1. The molecule has 0 saturated carbocycles. The molecule has 0 heterocycles. The van der Waals surface area contributed by atoms with Crippen LogP contribution < -0.4 is 0 Å². The van der Waals surface area contributed by atoms with Gasteiger partial charge in [0.25, 0.3) is 0 Å². The van der Waals surface area contributed by atoms with Crippen LogP contribution in [0.2, 0.25) is 0 Å². The summed E-state index contributed by atoms with van der Waals surface area (Å²) in [5, 5.41) is 10.7. The summed E-state index contributed by atoms with van der Waals surface area (Å²) in [6.45, 7) is 7.41. The fourth-order valence-electron chi connectivity index (χ4n) is 13.8. The second kappa shape index (κ2) is 80.7. The Hall–Kier alpha value is -1.94. The number of aliphatic hydroxyl groups excluding tert-OH is 1. The van der Waals surface area contributed by atoms with Crippen molar-refractivity contribution < 1.29 is 80.2 Å². The molecule has 0 aliphatic rings. The number of ether oxygens (including phenoxy) is 4. The topological polar surface area (TPSA) is 237 Å². The lowest BCUT2D eigenvalue weighted by Gasteiger charge is -2.21. The lowest BCUT2D eigenvalue weighted by molar-refractivity contribution is -0.161. The number of unbranched alkanes of at least 4 members (excludes halogenated alkanes) is 60. The van der Waals surface area contributed by atoms with Crippen molar-refractivity contribution in [1.29, 1.82) is 0 Å². The fourth-order valence-corrected chi connectivity index (χ4v) is 15.4. The number of phosphoric acid groups is 2. The van der Waals surface area contributed by atoms with Crippen LogP contribution in [0.5, 0.6) is 0 Å². The van der Waals surface area contributed by atoms with E-state index in [-0.39, 0.29) is 25.7 Å². The highest BCUT2D eigenvalue weighted by Crippen LogP contribution is 2.45. The van der Waals surface area contributed by atoms with Gasteiger partial charge in [0.15, 0.2) is 12.2 Å². The predicted molar refractivity (Wildman–Crippen MR) is 442 cm³/mol. The van der Waals surface area contributed by atoms with Crippen molar-refractivity contribution in [3.8, 4) is 0 Å². The van der Waals surface area contributed by atoms with Crippen LogP contribution in [0.3, 0.4) is 0 Å². The molecule has 0 saturated heterocycles. The Morgan fingerprint density at radius 3 is 0.636 bits per heavy atom. The lowest BCUT2D eigenvalue weighted by atomic mass is 10.0. The number of carbonyl (C=O) groups excluding carboxylic acids is 4. The van der Waals surface area contributed by atoms with Gasteiger partial charge in [-0.25, -0.2) is 9.13 Å². The van der Waals surface area contributed by atoms with Gasteiger partial charge >= 0.3 is 39.5 Å².